The highest BCUT2D eigenvalue weighted by Crippen LogP contribution is 2.21. The van der Waals surface area contributed by atoms with Gasteiger partial charge in [-0.25, -0.2) is 0 Å². The van der Waals surface area contributed by atoms with Crippen LogP contribution < -0.4 is 5.32 Å². The predicted molar refractivity (Wildman–Crippen MR) is 66.2 cm³/mol. The van der Waals surface area contributed by atoms with Gasteiger partial charge in [-0.2, -0.15) is 0 Å². The van der Waals surface area contributed by atoms with Crippen molar-refractivity contribution >= 4 is 11.8 Å². The number of nitrogens with zero attached hydrogens (tertiary/aromatic N) is 1. The average molecular weight is 248 g/mol. The number of nitrogens with one attached hydrogen (secondary N) is 1. The van der Waals surface area contributed by atoms with Crippen LogP contribution in [-0.2, 0) is 4.79 Å². The maximum atomic E-state index is 12.3. The second-order valence-electron chi connectivity index (χ2n) is 4.82. The molecule has 96 valence electrons. The van der Waals surface area contributed by atoms with Crippen molar-refractivity contribution < 1.29 is 14.7 Å². The summed E-state index contributed by atoms with van der Waals surface area (Å²) in [4.78, 5) is 25.7. The second kappa shape index (κ2) is 4.33. The summed E-state index contributed by atoms with van der Waals surface area (Å²) in [6.07, 6.45) is 0. The first-order valence-electron chi connectivity index (χ1n) is 5.82. The molecule has 18 heavy (non-hydrogen) atoms. The van der Waals surface area contributed by atoms with Crippen molar-refractivity contribution in [2.45, 2.75) is 19.4 Å². The van der Waals surface area contributed by atoms with Crippen LogP contribution in [-0.4, -0.2) is 40.4 Å². The maximum Gasteiger partial charge on any atom is 0.254 e. The van der Waals surface area contributed by atoms with Crippen LogP contribution in [0, 0.1) is 0 Å². The first-order chi connectivity index (χ1) is 8.43. The number of carbonyl (C=O) groups excluding carboxylic acids is 2. The minimum atomic E-state index is -0.854. The van der Waals surface area contributed by atoms with E-state index in [-0.39, 0.29) is 17.6 Å². The Kier molecular flexibility index (Phi) is 2.98. The standard InChI is InChI=1S/C13H16N2O3/c1-13(2)12(18)14-7-8-15(13)11(17)9-3-5-10(16)6-4-9/h3-6,16H,7-8H2,1-2H3,(H,14,18). The number of carbonyl (C=O) groups is 2. The fraction of sp³-hybridized carbons (Fsp3) is 0.385. The molecular weight excluding hydrogens is 232 g/mol. The molecule has 5 heteroatoms. The SMILES string of the molecule is CC1(C)C(=O)NCCN1C(=O)c1ccc(O)cc1. The van der Waals surface area contributed by atoms with E-state index in [0.717, 1.165) is 0 Å². The normalized spacial score (nSPS) is 18.3. The largest absolute Gasteiger partial charge is 0.508 e. The van der Waals surface area contributed by atoms with E-state index in [9.17, 15) is 14.7 Å². The fourth-order valence-corrected chi connectivity index (χ4v) is 2.01. The topological polar surface area (TPSA) is 69.6 Å². The molecule has 0 saturated carbocycles. The summed E-state index contributed by atoms with van der Waals surface area (Å²) in [7, 11) is 0. The van der Waals surface area contributed by atoms with Crippen LogP contribution in [0.1, 0.15) is 24.2 Å². The molecule has 0 aliphatic carbocycles. The van der Waals surface area contributed by atoms with Crippen LogP contribution in [0.25, 0.3) is 0 Å². The summed E-state index contributed by atoms with van der Waals surface area (Å²) >= 11 is 0. The molecule has 1 fully saturated rings. The Morgan fingerprint density at radius 2 is 1.94 bits per heavy atom. The van der Waals surface area contributed by atoms with Crippen molar-refractivity contribution in [3.63, 3.8) is 0 Å². The summed E-state index contributed by atoms with van der Waals surface area (Å²) < 4.78 is 0. The Morgan fingerprint density at radius 3 is 2.56 bits per heavy atom. The van der Waals surface area contributed by atoms with E-state index >= 15 is 0 Å². The Bertz CT molecular complexity index is 480. The van der Waals surface area contributed by atoms with Crippen LogP contribution in [0.5, 0.6) is 5.75 Å². The van der Waals surface area contributed by atoms with Crippen LogP contribution in [0.4, 0.5) is 0 Å². The van der Waals surface area contributed by atoms with E-state index in [1.165, 1.54) is 12.1 Å². The maximum absolute atomic E-state index is 12.3. The quantitative estimate of drug-likeness (QED) is 0.770. The average Bonchev–Trinajstić information content (AvgIpc) is 2.33. The highest BCUT2D eigenvalue weighted by atomic mass is 16.3. The van der Waals surface area contributed by atoms with Gasteiger partial charge in [0.05, 0.1) is 0 Å². The van der Waals surface area contributed by atoms with Crippen LogP contribution in [0.15, 0.2) is 24.3 Å². The number of piperazine rings is 1. The van der Waals surface area contributed by atoms with Gasteiger partial charge in [-0.15, -0.1) is 0 Å². The van der Waals surface area contributed by atoms with E-state index in [0.29, 0.717) is 18.7 Å². The Morgan fingerprint density at radius 1 is 1.33 bits per heavy atom. The van der Waals surface area contributed by atoms with Gasteiger partial charge in [0.2, 0.25) is 5.91 Å². The summed E-state index contributed by atoms with van der Waals surface area (Å²) in [5.41, 5.74) is -0.386. The first kappa shape index (κ1) is 12.4. The van der Waals surface area contributed by atoms with Crippen LogP contribution >= 0.6 is 0 Å². The number of hydrogen-bond acceptors (Lipinski definition) is 3. The third-order valence-corrected chi connectivity index (χ3v) is 3.21. The van der Waals surface area contributed by atoms with Crippen LogP contribution in [0.3, 0.4) is 0 Å². The molecule has 1 aromatic rings. The lowest BCUT2D eigenvalue weighted by Crippen LogP contribution is -2.63. The van der Waals surface area contributed by atoms with Gasteiger partial charge in [-0.3, -0.25) is 9.59 Å². The summed E-state index contributed by atoms with van der Waals surface area (Å²) in [6, 6.07) is 6.04. The zero-order valence-electron chi connectivity index (χ0n) is 10.4. The number of hydrogen-bond donors (Lipinski definition) is 2. The van der Waals surface area contributed by atoms with Crippen molar-refractivity contribution in [3.8, 4) is 5.75 Å². The zero-order valence-corrected chi connectivity index (χ0v) is 10.4. The lowest BCUT2D eigenvalue weighted by atomic mass is 9.97. The molecule has 5 nitrogen and oxygen atoms in total. The molecule has 0 aromatic heterocycles. The summed E-state index contributed by atoms with van der Waals surface area (Å²) in [5, 5.41) is 11.9. The lowest BCUT2D eigenvalue weighted by molar-refractivity contribution is -0.133. The van der Waals surface area contributed by atoms with E-state index in [4.69, 9.17) is 0 Å². The van der Waals surface area contributed by atoms with Crippen molar-refractivity contribution in [2.24, 2.45) is 0 Å². The van der Waals surface area contributed by atoms with Crippen molar-refractivity contribution in [3.05, 3.63) is 29.8 Å². The van der Waals surface area contributed by atoms with E-state index in [1.807, 2.05) is 0 Å². The molecule has 1 aliphatic heterocycles. The number of aromatic hydroxyl groups is 1. The third-order valence-electron chi connectivity index (χ3n) is 3.21. The van der Waals surface area contributed by atoms with Crippen LogP contribution in [0.2, 0.25) is 0 Å². The molecule has 2 amide bonds. The van der Waals surface area contributed by atoms with Gasteiger partial charge in [0.25, 0.3) is 5.91 Å². The zero-order chi connectivity index (χ0) is 13.3. The molecule has 1 aliphatic rings. The smallest absolute Gasteiger partial charge is 0.254 e. The molecule has 0 unspecified atom stereocenters. The van der Waals surface area contributed by atoms with E-state index < -0.39 is 5.54 Å². The van der Waals surface area contributed by atoms with Crippen molar-refractivity contribution in [2.75, 3.05) is 13.1 Å². The molecule has 1 heterocycles. The second-order valence-corrected chi connectivity index (χ2v) is 4.82. The molecule has 0 spiro atoms. The lowest BCUT2D eigenvalue weighted by Gasteiger charge is -2.41. The fourth-order valence-electron chi connectivity index (χ4n) is 2.01. The van der Waals surface area contributed by atoms with Crippen molar-refractivity contribution in [1.82, 2.24) is 10.2 Å². The van der Waals surface area contributed by atoms with Gasteiger partial charge in [0.1, 0.15) is 11.3 Å². The van der Waals surface area contributed by atoms with E-state index in [1.54, 1.807) is 30.9 Å². The van der Waals surface area contributed by atoms with Gasteiger partial charge in [0.15, 0.2) is 0 Å². The summed E-state index contributed by atoms with van der Waals surface area (Å²) in [6.45, 7) is 4.39. The molecule has 1 saturated heterocycles. The molecule has 0 radical (unpaired) electrons. The molecule has 2 rings (SSSR count). The van der Waals surface area contributed by atoms with Gasteiger partial charge < -0.3 is 15.3 Å². The molecule has 1 aromatic carbocycles. The first-order valence-corrected chi connectivity index (χ1v) is 5.82. The molecule has 0 atom stereocenters. The Balaban J connectivity index is 2.28. The minimum Gasteiger partial charge on any atom is -0.508 e. The molecule has 2 N–H and O–H groups in total. The molecular formula is C13H16N2O3. The van der Waals surface area contributed by atoms with E-state index in [2.05, 4.69) is 5.32 Å². The highest BCUT2D eigenvalue weighted by Gasteiger charge is 2.40. The van der Waals surface area contributed by atoms with Gasteiger partial charge >= 0.3 is 0 Å². The monoisotopic (exact) mass is 248 g/mol. The molecule has 0 bridgehead atoms. The number of phenols is 1. The summed E-state index contributed by atoms with van der Waals surface area (Å²) in [5.74, 6) is -0.238. The number of amides is 2. The Hall–Kier alpha value is -2.04. The van der Waals surface area contributed by atoms with Gasteiger partial charge in [0, 0.05) is 18.7 Å². The Labute approximate surface area is 105 Å². The number of rotatable bonds is 1. The van der Waals surface area contributed by atoms with Gasteiger partial charge in [-0.1, -0.05) is 0 Å². The minimum absolute atomic E-state index is 0.113. The van der Waals surface area contributed by atoms with Gasteiger partial charge in [-0.05, 0) is 38.1 Å². The third kappa shape index (κ3) is 2.03. The van der Waals surface area contributed by atoms with Crippen molar-refractivity contribution in [1.29, 1.82) is 0 Å². The predicted octanol–water partition coefficient (Wildman–Crippen LogP) is 0.743. The highest BCUT2D eigenvalue weighted by molar-refractivity contribution is 5.99. The number of benzene rings is 1. The number of phenolic OH excluding ortho intramolecular Hbond substituents is 1.